The van der Waals surface area contributed by atoms with E-state index in [0.717, 1.165) is 51.8 Å². The van der Waals surface area contributed by atoms with Crippen molar-refractivity contribution in [2.45, 2.75) is 63.6 Å². The van der Waals surface area contributed by atoms with Gasteiger partial charge in [0.2, 0.25) is 0 Å². The van der Waals surface area contributed by atoms with E-state index in [1.54, 1.807) is 0 Å². The van der Waals surface area contributed by atoms with Crippen LogP contribution in [0.4, 0.5) is 4.79 Å². The van der Waals surface area contributed by atoms with Crippen molar-refractivity contribution in [1.82, 2.24) is 20.0 Å². The molecule has 0 radical (unpaired) electrons. The Kier molecular flexibility index (Phi) is 7.51. The number of carbonyl (C=O) groups excluding carboxylic acids is 1. The molecular formula is C25H40N4O2. The van der Waals surface area contributed by atoms with Crippen molar-refractivity contribution in [2.24, 2.45) is 0 Å². The average molecular weight is 429 g/mol. The van der Waals surface area contributed by atoms with Crippen molar-refractivity contribution in [3.8, 4) is 0 Å². The number of piperidine rings is 1. The second kappa shape index (κ2) is 10.3. The number of likely N-dealkylation sites (tertiary alicyclic amines) is 1. The maximum Gasteiger partial charge on any atom is 0.317 e. The smallest absolute Gasteiger partial charge is 0.317 e. The molecule has 4 rings (SSSR count). The molecule has 0 aromatic heterocycles. The van der Waals surface area contributed by atoms with Crippen molar-refractivity contribution < 1.29 is 9.53 Å². The van der Waals surface area contributed by atoms with Gasteiger partial charge in [-0.2, -0.15) is 0 Å². The highest BCUT2D eigenvalue weighted by molar-refractivity contribution is 5.74. The first-order chi connectivity index (χ1) is 15.0. The normalized spacial score (nSPS) is 25.1. The van der Waals surface area contributed by atoms with Gasteiger partial charge in [-0.3, -0.25) is 9.80 Å². The second-order valence-corrected chi connectivity index (χ2v) is 9.80. The minimum atomic E-state index is -0.0289. The van der Waals surface area contributed by atoms with Gasteiger partial charge in [0.25, 0.3) is 0 Å². The summed E-state index contributed by atoms with van der Waals surface area (Å²) in [5.41, 5.74) is 1.23. The number of hydrogen-bond donors (Lipinski definition) is 1. The molecule has 1 N–H and O–H groups in total. The van der Waals surface area contributed by atoms with Crippen LogP contribution < -0.4 is 5.32 Å². The summed E-state index contributed by atoms with van der Waals surface area (Å²) in [6.07, 6.45) is 5.06. The average Bonchev–Trinajstić information content (AvgIpc) is 2.80. The molecule has 1 spiro atoms. The summed E-state index contributed by atoms with van der Waals surface area (Å²) in [5.74, 6) is 0. The van der Waals surface area contributed by atoms with Crippen LogP contribution in [0, 0.1) is 0 Å². The molecule has 3 heterocycles. The zero-order valence-electron chi connectivity index (χ0n) is 19.4. The summed E-state index contributed by atoms with van der Waals surface area (Å²) >= 11 is 0. The first-order valence-electron chi connectivity index (χ1n) is 12.2. The Labute approximate surface area is 187 Å². The fourth-order valence-electron chi connectivity index (χ4n) is 5.47. The van der Waals surface area contributed by atoms with Crippen molar-refractivity contribution in [1.29, 1.82) is 0 Å². The molecule has 0 bridgehead atoms. The molecule has 2 amide bonds. The SMILES string of the molecule is CC(C)N1CCN([C@@H]2CCOC3(CCN(C(=O)NCCc4ccccc4)CC3)C2)CC1. The first-order valence-corrected chi connectivity index (χ1v) is 12.2. The molecule has 0 saturated carbocycles. The van der Waals surface area contributed by atoms with Crippen LogP contribution in [0.25, 0.3) is 0 Å². The maximum absolute atomic E-state index is 12.6. The van der Waals surface area contributed by atoms with Gasteiger partial charge in [-0.25, -0.2) is 4.79 Å². The van der Waals surface area contributed by atoms with Gasteiger partial charge in [-0.1, -0.05) is 30.3 Å². The monoisotopic (exact) mass is 428 g/mol. The minimum absolute atomic E-state index is 0.0289. The van der Waals surface area contributed by atoms with Gasteiger partial charge < -0.3 is 15.0 Å². The molecule has 3 fully saturated rings. The molecular weight excluding hydrogens is 388 g/mol. The molecule has 0 unspecified atom stereocenters. The summed E-state index contributed by atoms with van der Waals surface area (Å²) in [5, 5.41) is 3.10. The van der Waals surface area contributed by atoms with E-state index in [4.69, 9.17) is 4.74 Å². The van der Waals surface area contributed by atoms with Gasteiger partial charge in [0.15, 0.2) is 0 Å². The highest BCUT2D eigenvalue weighted by Gasteiger charge is 2.43. The number of piperazine rings is 1. The number of rotatable bonds is 5. The van der Waals surface area contributed by atoms with Gasteiger partial charge in [0, 0.05) is 64.5 Å². The maximum atomic E-state index is 12.6. The van der Waals surface area contributed by atoms with E-state index in [0.29, 0.717) is 18.6 Å². The van der Waals surface area contributed by atoms with Gasteiger partial charge >= 0.3 is 6.03 Å². The molecule has 1 aromatic rings. The van der Waals surface area contributed by atoms with Crippen LogP contribution in [0.3, 0.4) is 0 Å². The van der Waals surface area contributed by atoms with E-state index in [-0.39, 0.29) is 11.6 Å². The lowest BCUT2D eigenvalue weighted by molar-refractivity contribution is -0.132. The number of amides is 2. The van der Waals surface area contributed by atoms with Crippen LogP contribution in [-0.2, 0) is 11.2 Å². The third-order valence-corrected chi connectivity index (χ3v) is 7.56. The van der Waals surface area contributed by atoms with E-state index in [1.807, 2.05) is 23.1 Å². The Balaban J connectivity index is 1.21. The van der Waals surface area contributed by atoms with Crippen molar-refractivity contribution in [2.75, 3.05) is 52.4 Å². The number of ether oxygens (including phenoxy) is 1. The van der Waals surface area contributed by atoms with Gasteiger partial charge in [0.1, 0.15) is 0 Å². The molecule has 0 aliphatic carbocycles. The molecule has 6 nitrogen and oxygen atoms in total. The summed E-state index contributed by atoms with van der Waals surface area (Å²) in [7, 11) is 0. The molecule has 3 aliphatic heterocycles. The summed E-state index contributed by atoms with van der Waals surface area (Å²) in [6.45, 7) is 12.4. The van der Waals surface area contributed by atoms with Crippen LogP contribution in [0.2, 0.25) is 0 Å². The summed E-state index contributed by atoms with van der Waals surface area (Å²) < 4.78 is 6.36. The van der Waals surface area contributed by atoms with Crippen molar-refractivity contribution >= 4 is 6.03 Å². The third kappa shape index (κ3) is 5.79. The highest BCUT2D eigenvalue weighted by atomic mass is 16.5. The second-order valence-electron chi connectivity index (χ2n) is 9.80. The number of carbonyl (C=O) groups is 1. The largest absolute Gasteiger partial charge is 0.375 e. The first kappa shape index (κ1) is 22.6. The van der Waals surface area contributed by atoms with Gasteiger partial charge in [0.05, 0.1) is 5.60 Å². The molecule has 3 aliphatic rings. The predicted octanol–water partition coefficient (Wildman–Crippen LogP) is 2.98. The van der Waals surface area contributed by atoms with E-state index in [2.05, 4.69) is 41.1 Å². The van der Waals surface area contributed by atoms with E-state index in [1.165, 1.54) is 31.7 Å². The van der Waals surface area contributed by atoms with Crippen LogP contribution in [0.1, 0.15) is 45.1 Å². The molecule has 3 saturated heterocycles. The number of urea groups is 1. The van der Waals surface area contributed by atoms with Crippen LogP contribution >= 0.6 is 0 Å². The zero-order chi connectivity index (χ0) is 21.7. The van der Waals surface area contributed by atoms with Gasteiger partial charge in [-0.15, -0.1) is 0 Å². The Hall–Kier alpha value is -1.63. The summed E-state index contributed by atoms with van der Waals surface area (Å²) in [6, 6.07) is 11.7. The fourth-order valence-corrected chi connectivity index (χ4v) is 5.47. The lowest BCUT2D eigenvalue weighted by Crippen LogP contribution is -2.58. The third-order valence-electron chi connectivity index (χ3n) is 7.56. The summed E-state index contributed by atoms with van der Waals surface area (Å²) in [4.78, 5) is 19.9. The standard InChI is InChI=1S/C25H40N4O2/c1-21(2)27-15-17-28(18-16-27)23-9-19-31-25(20-23)10-13-29(14-11-25)24(30)26-12-8-22-6-4-3-5-7-22/h3-7,21,23H,8-20H2,1-2H3,(H,26,30)/t23-/m1/s1. The lowest BCUT2D eigenvalue weighted by atomic mass is 9.81. The van der Waals surface area contributed by atoms with Gasteiger partial charge in [-0.05, 0) is 51.5 Å². The molecule has 1 atom stereocenters. The minimum Gasteiger partial charge on any atom is -0.375 e. The fraction of sp³-hybridized carbons (Fsp3) is 0.720. The van der Waals surface area contributed by atoms with Crippen LogP contribution in [-0.4, -0.2) is 90.8 Å². The molecule has 31 heavy (non-hydrogen) atoms. The quantitative estimate of drug-likeness (QED) is 0.783. The predicted molar refractivity (Wildman–Crippen MR) is 124 cm³/mol. The number of nitrogens with zero attached hydrogens (tertiary/aromatic N) is 3. The Morgan fingerprint density at radius 1 is 1.10 bits per heavy atom. The number of nitrogens with one attached hydrogen (secondary N) is 1. The topological polar surface area (TPSA) is 48.1 Å². The molecule has 1 aromatic carbocycles. The number of benzene rings is 1. The zero-order valence-corrected chi connectivity index (χ0v) is 19.4. The van der Waals surface area contributed by atoms with Crippen molar-refractivity contribution in [3.63, 3.8) is 0 Å². The Bertz CT molecular complexity index is 695. The van der Waals surface area contributed by atoms with E-state index in [9.17, 15) is 4.79 Å². The Morgan fingerprint density at radius 2 is 1.81 bits per heavy atom. The molecule has 172 valence electrons. The van der Waals surface area contributed by atoms with Crippen LogP contribution in [0.15, 0.2) is 30.3 Å². The van der Waals surface area contributed by atoms with Crippen LogP contribution in [0.5, 0.6) is 0 Å². The lowest BCUT2D eigenvalue weighted by Gasteiger charge is -2.50. The molecule has 6 heteroatoms. The Morgan fingerprint density at radius 3 is 2.48 bits per heavy atom. The van der Waals surface area contributed by atoms with E-state index >= 15 is 0 Å². The van der Waals surface area contributed by atoms with E-state index < -0.39 is 0 Å². The number of hydrogen-bond acceptors (Lipinski definition) is 4. The van der Waals surface area contributed by atoms with Crippen molar-refractivity contribution in [3.05, 3.63) is 35.9 Å². The highest BCUT2D eigenvalue weighted by Crippen LogP contribution is 2.37.